The Morgan fingerprint density at radius 1 is 1.18 bits per heavy atom. The molecule has 1 aromatic carbocycles. The zero-order valence-corrected chi connectivity index (χ0v) is 15.6. The summed E-state index contributed by atoms with van der Waals surface area (Å²) >= 11 is 4.99. The maximum absolute atomic E-state index is 12.2. The van der Waals surface area contributed by atoms with Crippen LogP contribution in [0.15, 0.2) is 33.6 Å². The quantitative estimate of drug-likeness (QED) is 0.776. The van der Waals surface area contributed by atoms with E-state index in [1.54, 1.807) is 11.8 Å². The smallest absolute Gasteiger partial charge is 0.234 e. The number of nitrogens with zero attached hydrogens (tertiary/aromatic N) is 1. The number of amides is 1. The average molecular weight is 379 g/mol. The Bertz CT molecular complexity index is 693. The normalized spacial score (nSPS) is 10.6. The molecule has 22 heavy (non-hydrogen) atoms. The zero-order valence-electron chi connectivity index (χ0n) is 13.2. The van der Waals surface area contributed by atoms with E-state index in [0.717, 1.165) is 37.6 Å². The molecule has 1 amide bonds. The molecule has 0 radical (unpaired) electrons. The van der Waals surface area contributed by atoms with E-state index in [2.05, 4.69) is 32.3 Å². The first-order valence-electron chi connectivity index (χ1n) is 7.00. The van der Waals surface area contributed by atoms with Crippen molar-refractivity contribution < 1.29 is 4.79 Å². The summed E-state index contributed by atoms with van der Waals surface area (Å²) in [5.41, 5.74) is 4.85. The number of anilines is 1. The van der Waals surface area contributed by atoms with E-state index in [0.29, 0.717) is 5.75 Å². The van der Waals surface area contributed by atoms with Gasteiger partial charge in [0, 0.05) is 15.1 Å². The molecule has 116 valence electrons. The molecule has 0 spiro atoms. The lowest BCUT2D eigenvalue weighted by Gasteiger charge is -2.12. The highest BCUT2D eigenvalue weighted by atomic mass is 79.9. The van der Waals surface area contributed by atoms with Gasteiger partial charge in [0.05, 0.1) is 17.1 Å². The largest absolute Gasteiger partial charge is 0.324 e. The number of pyridine rings is 1. The second kappa shape index (κ2) is 7.29. The minimum absolute atomic E-state index is 0.0100. The third-order valence-corrected chi connectivity index (χ3v) is 4.95. The first-order valence-corrected chi connectivity index (χ1v) is 8.78. The predicted molar refractivity (Wildman–Crippen MR) is 96.7 cm³/mol. The Balaban J connectivity index is 2.02. The van der Waals surface area contributed by atoms with Crippen LogP contribution in [0.3, 0.4) is 0 Å². The number of rotatable bonds is 4. The summed E-state index contributed by atoms with van der Waals surface area (Å²) in [7, 11) is 0. The van der Waals surface area contributed by atoms with Crippen molar-refractivity contribution in [3.05, 3.63) is 51.3 Å². The topological polar surface area (TPSA) is 42.0 Å². The van der Waals surface area contributed by atoms with Gasteiger partial charge in [0.15, 0.2) is 0 Å². The van der Waals surface area contributed by atoms with Crippen LogP contribution in [0.4, 0.5) is 5.69 Å². The molecule has 2 aromatic rings. The minimum Gasteiger partial charge on any atom is -0.324 e. The van der Waals surface area contributed by atoms with Gasteiger partial charge in [-0.3, -0.25) is 9.78 Å². The molecule has 1 heterocycles. The monoisotopic (exact) mass is 378 g/mol. The second-order valence-corrected chi connectivity index (χ2v) is 7.22. The lowest BCUT2D eigenvalue weighted by atomic mass is 10.1. The molecule has 0 aliphatic carbocycles. The molecule has 0 saturated carbocycles. The summed E-state index contributed by atoms with van der Waals surface area (Å²) < 4.78 is 1.05. The van der Waals surface area contributed by atoms with Crippen molar-refractivity contribution in [3.8, 4) is 0 Å². The van der Waals surface area contributed by atoms with E-state index >= 15 is 0 Å². The Kier molecular flexibility index (Phi) is 5.64. The van der Waals surface area contributed by atoms with Gasteiger partial charge in [-0.05, 0) is 63.1 Å². The minimum atomic E-state index is -0.0100. The number of hydrogen-bond acceptors (Lipinski definition) is 3. The van der Waals surface area contributed by atoms with Gasteiger partial charge < -0.3 is 5.32 Å². The maximum atomic E-state index is 12.2. The van der Waals surface area contributed by atoms with Crippen molar-refractivity contribution in [2.75, 3.05) is 11.1 Å². The third-order valence-electron chi connectivity index (χ3n) is 3.29. The van der Waals surface area contributed by atoms with Crippen LogP contribution in [0.2, 0.25) is 0 Å². The molecule has 0 saturated heterocycles. The Labute approximate surface area is 144 Å². The summed E-state index contributed by atoms with van der Waals surface area (Å²) in [6.45, 7) is 7.91. The van der Waals surface area contributed by atoms with Gasteiger partial charge >= 0.3 is 0 Å². The highest BCUT2D eigenvalue weighted by Gasteiger charge is 2.10. The van der Waals surface area contributed by atoms with Crippen molar-refractivity contribution in [2.45, 2.75) is 32.6 Å². The van der Waals surface area contributed by atoms with Gasteiger partial charge in [0.2, 0.25) is 5.91 Å². The molecule has 2 rings (SSSR count). The summed E-state index contributed by atoms with van der Waals surface area (Å²) in [4.78, 5) is 17.7. The number of thioether (sulfide) groups is 1. The number of nitrogens with one attached hydrogen (secondary N) is 1. The van der Waals surface area contributed by atoms with Crippen LogP contribution in [0.25, 0.3) is 0 Å². The Morgan fingerprint density at radius 2 is 1.91 bits per heavy atom. The lowest BCUT2D eigenvalue weighted by Crippen LogP contribution is -2.16. The second-order valence-electron chi connectivity index (χ2n) is 5.29. The number of hydrogen-bond donors (Lipinski definition) is 1. The van der Waals surface area contributed by atoms with E-state index in [-0.39, 0.29) is 5.91 Å². The molecule has 5 heteroatoms. The lowest BCUT2D eigenvalue weighted by molar-refractivity contribution is -0.113. The molecule has 1 N–H and O–H groups in total. The fraction of sp³-hybridized carbons (Fsp3) is 0.294. The number of halogens is 1. The highest BCUT2D eigenvalue weighted by Crippen LogP contribution is 2.26. The molecular weight excluding hydrogens is 360 g/mol. The molecule has 0 atom stereocenters. The zero-order chi connectivity index (χ0) is 16.3. The molecular formula is C17H19BrN2OS. The van der Waals surface area contributed by atoms with Crippen LogP contribution in [0.5, 0.6) is 0 Å². The van der Waals surface area contributed by atoms with Gasteiger partial charge in [-0.25, -0.2) is 0 Å². The number of aryl methyl sites for hydroxylation is 4. The van der Waals surface area contributed by atoms with E-state index in [4.69, 9.17) is 0 Å². The molecule has 0 aliphatic heterocycles. The standard InChI is InChI=1S/C17H19BrN2OS/c1-10-8-14(18)5-6-15(10)22-9-16(21)20-17-11(2)7-12(3)19-13(17)4/h5-8H,9H2,1-4H3,(H,20,21). The Morgan fingerprint density at radius 3 is 2.55 bits per heavy atom. The van der Waals surface area contributed by atoms with E-state index in [1.165, 1.54) is 0 Å². The van der Waals surface area contributed by atoms with Crippen LogP contribution in [0, 0.1) is 27.7 Å². The van der Waals surface area contributed by atoms with Gasteiger partial charge in [-0.15, -0.1) is 11.8 Å². The molecule has 3 nitrogen and oxygen atoms in total. The predicted octanol–water partition coefficient (Wildman–Crippen LogP) is 4.81. The van der Waals surface area contributed by atoms with E-state index in [9.17, 15) is 4.79 Å². The SMILES string of the molecule is Cc1cc(C)c(NC(=O)CSc2ccc(Br)cc2C)c(C)n1. The van der Waals surface area contributed by atoms with Crippen molar-refractivity contribution in [2.24, 2.45) is 0 Å². The fourth-order valence-corrected chi connectivity index (χ4v) is 3.59. The van der Waals surface area contributed by atoms with Crippen LogP contribution in [0.1, 0.15) is 22.5 Å². The van der Waals surface area contributed by atoms with Crippen LogP contribution >= 0.6 is 27.7 Å². The number of carbonyl (C=O) groups is 1. The Hall–Kier alpha value is -1.33. The maximum Gasteiger partial charge on any atom is 0.234 e. The van der Waals surface area contributed by atoms with Crippen molar-refractivity contribution >= 4 is 39.3 Å². The molecule has 0 aliphatic rings. The third kappa shape index (κ3) is 4.34. The summed E-state index contributed by atoms with van der Waals surface area (Å²) in [5.74, 6) is 0.374. The van der Waals surface area contributed by atoms with Crippen molar-refractivity contribution in [3.63, 3.8) is 0 Å². The van der Waals surface area contributed by atoms with Crippen LogP contribution in [-0.4, -0.2) is 16.6 Å². The van der Waals surface area contributed by atoms with Crippen LogP contribution in [-0.2, 0) is 4.79 Å². The van der Waals surface area contributed by atoms with Gasteiger partial charge in [-0.1, -0.05) is 15.9 Å². The van der Waals surface area contributed by atoms with E-state index < -0.39 is 0 Å². The number of benzene rings is 1. The van der Waals surface area contributed by atoms with Gasteiger partial charge in [0.25, 0.3) is 0 Å². The first kappa shape index (κ1) is 17.0. The average Bonchev–Trinajstić information content (AvgIpc) is 2.42. The summed E-state index contributed by atoms with van der Waals surface area (Å²) in [6, 6.07) is 8.06. The number of carbonyl (C=O) groups excluding carboxylic acids is 1. The molecule has 0 bridgehead atoms. The fourth-order valence-electron chi connectivity index (χ4n) is 2.31. The number of aromatic nitrogens is 1. The van der Waals surface area contributed by atoms with Crippen molar-refractivity contribution in [1.29, 1.82) is 0 Å². The van der Waals surface area contributed by atoms with E-state index in [1.807, 2.05) is 45.9 Å². The molecule has 1 aromatic heterocycles. The van der Waals surface area contributed by atoms with Crippen molar-refractivity contribution in [1.82, 2.24) is 4.98 Å². The van der Waals surface area contributed by atoms with Crippen LogP contribution < -0.4 is 5.32 Å². The first-order chi connectivity index (χ1) is 10.4. The summed E-state index contributed by atoms with van der Waals surface area (Å²) in [6.07, 6.45) is 0. The highest BCUT2D eigenvalue weighted by molar-refractivity contribution is 9.10. The summed E-state index contributed by atoms with van der Waals surface area (Å²) in [5, 5.41) is 2.98. The van der Waals surface area contributed by atoms with Gasteiger partial charge in [0.1, 0.15) is 0 Å². The molecule has 0 fully saturated rings. The molecule has 0 unspecified atom stereocenters. The van der Waals surface area contributed by atoms with Gasteiger partial charge in [-0.2, -0.15) is 0 Å².